The van der Waals surface area contributed by atoms with Gasteiger partial charge in [-0.2, -0.15) is 8.78 Å². The van der Waals surface area contributed by atoms with Crippen LogP contribution in [-0.4, -0.2) is 22.4 Å². The lowest BCUT2D eigenvalue weighted by Crippen LogP contribution is -1.92. The van der Waals surface area contributed by atoms with Gasteiger partial charge in [0, 0.05) is 5.75 Å². The van der Waals surface area contributed by atoms with Gasteiger partial charge in [0.25, 0.3) is 11.3 Å². The minimum Gasteiger partial charge on any atom is -0.398 e. The summed E-state index contributed by atoms with van der Waals surface area (Å²) in [4.78, 5) is 9.98. The second-order valence-corrected chi connectivity index (χ2v) is 3.31. The fourth-order valence-electron chi connectivity index (χ4n) is 0.691. The van der Waals surface area contributed by atoms with Crippen LogP contribution in [0.2, 0.25) is 0 Å². The van der Waals surface area contributed by atoms with Crippen LogP contribution in [0.4, 0.5) is 14.8 Å². The van der Waals surface area contributed by atoms with E-state index in [9.17, 15) is 13.6 Å². The zero-order valence-electron chi connectivity index (χ0n) is 7.44. The number of halogens is 2. The monoisotopic (exact) mass is 235 g/mol. The quantitative estimate of drug-likeness (QED) is 0.463. The number of carbonyl (C=O) groups is 1. The number of hydrogen-bond donors (Lipinski definition) is 1. The molecular formula is C7H7F2N3O2S. The van der Waals surface area contributed by atoms with Crippen LogP contribution in [0.15, 0.2) is 21.8 Å². The van der Waals surface area contributed by atoms with Gasteiger partial charge >= 0.3 is 6.01 Å². The van der Waals surface area contributed by atoms with E-state index in [0.29, 0.717) is 12.2 Å². The molecule has 0 radical (unpaired) electrons. The molecule has 8 heteroatoms. The number of allylic oxidation sites excluding steroid dienone is 1. The summed E-state index contributed by atoms with van der Waals surface area (Å²) < 4.78 is 28.2. The van der Waals surface area contributed by atoms with Gasteiger partial charge in [0.1, 0.15) is 0 Å². The molecule has 1 N–H and O–H groups in total. The maximum atomic E-state index is 11.6. The second kappa shape index (κ2) is 6.12. The zero-order valence-corrected chi connectivity index (χ0v) is 8.26. The van der Waals surface area contributed by atoms with Crippen LogP contribution in [0.25, 0.3) is 0 Å². The molecule has 15 heavy (non-hydrogen) atoms. The maximum Gasteiger partial charge on any atom is 0.322 e. The summed E-state index contributed by atoms with van der Waals surface area (Å²) in [5.41, 5.74) is 0. The normalized spacial score (nSPS) is 9.73. The number of carbonyl (C=O) groups excluding carboxylic acids is 1. The van der Waals surface area contributed by atoms with Gasteiger partial charge in [0.2, 0.25) is 6.41 Å². The lowest BCUT2D eigenvalue weighted by Gasteiger charge is -1.90. The first kappa shape index (κ1) is 11.6. The molecule has 0 unspecified atom stereocenters. The van der Waals surface area contributed by atoms with Crippen molar-refractivity contribution in [1.29, 1.82) is 0 Å². The predicted octanol–water partition coefficient (Wildman–Crippen LogP) is 1.90. The first-order valence-corrected chi connectivity index (χ1v) is 4.88. The third kappa shape index (κ3) is 4.54. The van der Waals surface area contributed by atoms with Crippen molar-refractivity contribution >= 4 is 24.2 Å². The van der Waals surface area contributed by atoms with Crippen molar-refractivity contribution < 1.29 is 18.0 Å². The molecule has 0 aliphatic heterocycles. The van der Waals surface area contributed by atoms with Gasteiger partial charge in [0.15, 0.2) is 0 Å². The minimum absolute atomic E-state index is 0.0142. The van der Waals surface area contributed by atoms with Gasteiger partial charge in [-0.3, -0.25) is 10.1 Å². The number of amides is 1. The van der Waals surface area contributed by atoms with Crippen molar-refractivity contribution in [2.75, 3.05) is 11.1 Å². The van der Waals surface area contributed by atoms with E-state index in [-0.39, 0.29) is 17.7 Å². The van der Waals surface area contributed by atoms with E-state index in [2.05, 4.69) is 15.5 Å². The third-order valence-electron chi connectivity index (χ3n) is 1.23. The van der Waals surface area contributed by atoms with Crippen molar-refractivity contribution in [2.24, 2.45) is 0 Å². The molecule has 1 heterocycles. The number of anilines is 1. The topological polar surface area (TPSA) is 68.0 Å². The van der Waals surface area contributed by atoms with Gasteiger partial charge < -0.3 is 4.42 Å². The molecule has 0 atom stereocenters. The van der Waals surface area contributed by atoms with Gasteiger partial charge in [-0.15, -0.1) is 0 Å². The van der Waals surface area contributed by atoms with Crippen LogP contribution >= 0.6 is 11.8 Å². The Balaban J connectivity index is 2.31. The Morgan fingerprint density at radius 1 is 1.53 bits per heavy atom. The van der Waals surface area contributed by atoms with E-state index in [1.165, 1.54) is 0 Å². The molecule has 1 aromatic heterocycles. The Bertz CT molecular complexity index is 352. The molecule has 0 aliphatic carbocycles. The van der Waals surface area contributed by atoms with Crippen LogP contribution < -0.4 is 5.32 Å². The second-order valence-electron chi connectivity index (χ2n) is 2.27. The number of hydrogen-bond acceptors (Lipinski definition) is 5. The number of rotatable bonds is 6. The minimum atomic E-state index is -1.70. The zero-order chi connectivity index (χ0) is 11.1. The van der Waals surface area contributed by atoms with Crippen molar-refractivity contribution in [3.8, 4) is 0 Å². The molecule has 1 rings (SSSR count). The van der Waals surface area contributed by atoms with Crippen LogP contribution in [0, 0.1) is 0 Å². The molecule has 0 aliphatic rings. The fraction of sp³-hybridized carbons (Fsp3) is 0.286. The molecule has 0 spiro atoms. The number of aromatic nitrogens is 2. The van der Waals surface area contributed by atoms with E-state index < -0.39 is 6.08 Å². The van der Waals surface area contributed by atoms with Gasteiger partial charge in [0.05, 0.1) is 0 Å². The predicted molar refractivity (Wildman–Crippen MR) is 49.6 cm³/mol. The highest BCUT2D eigenvalue weighted by Gasteiger charge is 2.04. The Kier molecular flexibility index (Phi) is 4.75. The smallest absolute Gasteiger partial charge is 0.322 e. The SMILES string of the molecule is O=CNc1nnc(SCCC=C(F)F)o1. The maximum absolute atomic E-state index is 11.6. The molecular weight excluding hydrogens is 228 g/mol. The number of nitrogens with one attached hydrogen (secondary N) is 1. The van der Waals surface area contributed by atoms with Crippen LogP contribution in [0.5, 0.6) is 0 Å². The van der Waals surface area contributed by atoms with E-state index in [1.54, 1.807) is 0 Å². The largest absolute Gasteiger partial charge is 0.398 e. The van der Waals surface area contributed by atoms with Gasteiger partial charge in [-0.1, -0.05) is 22.0 Å². The summed E-state index contributed by atoms with van der Waals surface area (Å²) in [5, 5.41) is 9.44. The first-order chi connectivity index (χ1) is 7.22. The van der Waals surface area contributed by atoms with E-state index in [4.69, 9.17) is 4.42 Å². The van der Waals surface area contributed by atoms with Crippen molar-refractivity contribution in [1.82, 2.24) is 10.2 Å². The van der Waals surface area contributed by atoms with E-state index in [0.717, 1.165) is 17.8 Å². The van der Waals surface area contributed by atoms with E-state index in [1.807, 2.05) is 0 Å². The number of thioether (sulfide) groups is 1. The summed E-state index contributed by atoms with van der Waals surface area (Å²) in [7, 11) is 0. The van der Waals surface area contributed by atoms with Gasteiger partial charge in [-0.05, 0) is 12.5 Å². The molecule has 0 saturated heterocycles. The van der Waals surface area contributed by atoms with Crippen molar-refractivity contribution in [2.45, 2.75) is 11.6 Å². The highest BCUT2D eigenvalue weighted by atomic mass is 32.2. The number of nitrogens with zero attached hydrogens (tertiary/aromatic N) is 2. The van der Waals surface area contributed by atoms with E-state index >= 15 is 0 Å². The molecule has 1 aromatic rings. The van der Waals surface area contributed by atoms with Gasteiger partial charge in [-0.25, -0.2) is 0 Å². The lowest BCUT2D eigenvalue weighted by atomic mass is 10.5. The Labute approximate surface area is 87.9 Å². The highest BCUT2D eigenvalue weighted by molar-refractivity contribution is 7.99. The summed E-state index contributed by atoms with van der Waals surface area (Å²) in [6, 6.07) is -0.0142. The Morgan fingerprint density at radius 2 is 2.33 bits per heavy atom. The highest BCUT2D eigenvalue weighted by Crippen LogP contribution is 2.19. The Hall–Kier alpha value is -1.44. The molecule has 0 saturated carbocycles. The van der Waals surface area contributed by atoms with Crippen molar-refractivity contribution in [3.63, 3.8) is 0 Å². The lowest BCUT2D eigenvalue weighted by molar-refractivity contribution is -0.105. The molecule has 1 amide bonds. The first-order valence-electron chi connectivity index (χ1n) is 3.90. The van der Waals surface area contributed by atoms with Crippen LogP contribution in [0.3, 0.4) is 0 Å². The van der Waals surface area contributed by atoms with Crippen LogP contribution in [-0.2, 0) is 4.79 Å². The standard InChI is InChI=1S/C7H7F2N3O2S/c8-5(9)2-1-3-15-7-12-11-6(14-7)10-4-13/h2,4H,1,3H2,(H,10,11,13). The summed E-state index contributed by atoms with van der Waals surface area (Å²) >= 11 is 1.13. The third-order valence-corrected chi connectivity index (χ3v) is 2.08. The molecule has 0 bridgehead atoms. The summed E-state index contributed by atoms with van der Waals surface area (Å²) in [6.45, 7) is 0. The fourth-order valence-corrected chi connectivity index (χ4v) is 1.34. The van der Waals surface area contributed by atoms with Crippen molar-refractivity contribution in [3.05, 3.63) is 12.2 Å². The average molecular weight is 235 g/mol. The Morgan fingerprint density at radius 3 is 3.00 bits per heavy atom. The molecule has 82 valence electrons. The molecule has 0 fully saturated rings. The van der Waals surface area contributed by atoms with Crippen LogP contribution in [0.1, 0.15) is 6.42 Å². The molecule has 0 aromatic carbocycles. The molecule has 5 nitrogen and oxygen atoms in total. The summed E-state index contributed by atoms with van der Waals surface area (Å²) in [6.07, 6.45) is -0.271. The average Bonchev–Trinajstić information content (AvgIpc) is 2.61. The summed E-state index contributed by atoms with van der Waals surface area (Å²) in [5.74, 6) is 0.403.